The molecule has 8 heteroatoms. The minimum atomic E-state index is -0.196. The molecule has 0 amide bonds. The largest absolute Gasteiger partial charge is 0.356 e. The normalized spacial score (nSPS) is 13.0. The number of hydrogen-bond acceptors (Lipinski definition) is 4. The van der Waals surface area contributed by atoms with Crippen LogP contribution in [0.5, 0.6) is 0 Å². The van der Waals surface area contributed by atoms with Crippen LogP contribution in [0.4, 0.5) is 4.39 Å². The molecule has 0 bridgehead atoms. The highest BCUT2D eigenvalue weighted by Gasteiger charge is 2.16. The Hall–Kier alpha value is -2.06. The number of nitrogens with zero attached hydrogens (tertiary/aromatic N) is 4. The first-order valence-corrected chi connectivity index (χ1v) is 9.96. The number of likely N-dealkylation sites (N-methyl/N-ethyl adjacent to an activating group) is 1. The van der Waals surface area contributed by atoms with Gasteiger partial charge in [0.1, 0.15) is 5.82 Å². The summed E-state index contributed by atoms with van der Waals surface area (Å²) in [5, 5.41) is 11.0. The number of aryl methyl sites for hydroxylation is 1. The van der Waals surface area contributed by atoms with E-state index in [1.54, 1.807) is 18.8 Å². The summed E-state index contributed by atoms with van der Waals surface area (Å²) in [4.78, 5) is 7.54. The van der Waals surface area contributed by atoms with E-state index in [1.165, 1.54) is 17.7 Å². The van der Waals surface area contributed by atoms with Crippen LogP contribution in [0.25, 0.3) is 0 Å². The van der Waals surface area contributed by atoms with Gasteiger partial charge in [-0.05, 0) is 50.5 Å². The van der Waals surface area contributed by atoms with Gasteiger partial charge in [-0.1, -0.05) is 0 Å². The summed E-state index contributed by atoms with van der Waals surface area (Å²) in [6, 6.07) is 6.83. The second kappa shape index (κ2) is 10.9. The molecular weight excluding hydrogens is 363 g/mol. The van der Waals surface area contributed by atoms with E-state index in [4.69, 9.17) is 0 Å². The van der Waals surface area contributed by atoms with Crippen LogP contribution < -0.4 is 10.6 Å². The summed E-state index contributed by atoms with van der Waals surface area (Å²) in [5.41, 5.74) is 1.17. The summed E-state index contributed by atoms with van der Waals surface area (Å²) in [5.74, 6) is 1.56. The van der Waals surface area contributed by atoms with Gasteiger partial charge < -0.3 is 15.5 Å². The first kappa shape index (κ1) is 21.2. The first-order valence-electron chi connectivity index (χ1n) is 8.97. The zero-order valence-corrected chi connectivity index (χ0v) is 17.3. The van der Waals surface area contributed by atoms with Crippen LogP contribution in [0.15, 0.2) is 46.5 Å². The molecule has 6 nitrogen and oxygen atoms in total. The molecule has 0 fully saturated rings. The lowest BCUT2D eigenvalue weighted by atomic mass is 10.1. The van der Waals surface area contributed by atoms with Gasteiger partial charge in [0.15, 0.2) is 5.96 Å². The Kier molecular flexibility index (Phi) is 8.60. The van der Waals surface area contributed by atoms with Crippen LogP contribution in [0.3, 0.4) is 0 Å². The maximum atomic E-state index is 12.9. The maximum Gasteiger partial charge on any atom is 0.191 e. The molecule has 1 heterocycles. The Morgan fingerprint density at radius 2 is 2.04 bits per heavy atom. The SMILES string of the molecule is CN=C(NCCCSc1ccc(F)cc1)NCC(c1cnn(C)c1)N(C)C. The smallest absolute Gasteiger partial charge is 0.191 e. The average molecular weight is 393 g/mol. The van der Waals surface area contributed by atoms with E-state index in [1.807, 2.05) is 36.3 Å². The van der Waals surface area contributed by atoms with Crippen molar-refractivity contribution in [2.24, 2.45) is 12.0 Å². The van der Waals surface area contributed by atoms with Gasteiger partial charge in [-0.25, -0.2) is 4.39 Å². The zero-order valence-electron chi connectivity index (χ0n) is 16.4. The molecule has 2 N–H and O–H groups in total. The van der Waals surface area contributed by atoms with Crippen molar-refractivity contribution in [1.29, 1.82) is 0 Å². The number of thioether (sulfide) groups is 1. The molecule has 148 valence electrons. The van der Waals surface area contributed by atoms with Crippen LogP contribution >= 0.6 is 11.8 Å². The number of aliphatic imine (C=N–C) groups is 1. The van der Waals surface area contributed by atoms with E-state index < -0.39 is 0 Å². The van der Waals surface area contributed by atoms with Gasteiger partial charge in [0, 0.05) is 43.8 Å². The van der Waals surface area contributed by atoms with Gasteiger partial charge in [-0.3, -0.25) is 9.67 Å². The quantitative estimate of drug-likeness (QED) is 0.297. The molecule has 27 heavy (non-hydrogen) atoms. The van der Waals surface area contributed by atoms with E-state index in [9.17, 15) is 4.39 Å². The van der Waals surface area contributed by atoms with Gasteiger partial charge in [0.05, 0.1) is 12.2 Å². The molecule has 1 aromatic carbocycles. The van der Waals surface area contributed by atoms with Crippen LogP contribution in [0, 0.1) is 5.82 Å². The molecule has 0 aliphatic heterocycles. The summed E-state index contributed by atoms with van der Waals surface area (Å²) >= 11 is 1.73. The van der Waals surface area contributed by atoms with Gasteiger partial charge in [0.2, 0.25) is 0 Å². The molecule has 2 rings (SSSR count). The van der Waals surface area contributed by atoms with E-state index in [0.29, 0.717) is 0 Å². The average Bonchev–Trinajstić information content (AvgIpc) is 3.07. The fourth-order valence-electron chi connectivity index (χ4n) is 2.62. The van der Waals surface area contributed by atoms with Crippen molar-refractivity contribution < 1.29 is 4.39 Å². The van der Waals surface area contributed by atoms with Crippen molar-refractivity contribution in [3.63, 3.8) is 0 Å². The number of halogens is 1. The number of hydrogen-bond donors (Lipinski definition) is 2. The molecular formula is C19H29FN6S. The summed E-state index contributed by atoms with van der Waals surface area (Å²) in [6.45, 7) is 1.57. The lowest BCUT2D eigenvalue weighted by Gasteiger charge is -2.24. The molecule has 0 saturated carbocycles. The van der Waals surface area contributed by atoms with Gasteiger partial charge in [-0.2, -0.15) is 5.10 Å². The topological polar surface area (TPSA) is 57.5 Å². The van der Waals surface area contributed by atoms with Crippen molar-refractivity contribution >= 4 is 17.7 Å². The number of benzene rings is 1. The second-order valence-electron chi connectivity index (χ2n) is 6.46. The van der Waals surface area contributed by atoms with Crippen LogP contribution in [0.2, 0.25) is 0 Å². The maximum absolute atomic E-state index is 12.9. The highest BCUT2D eigenvalue weighted by atomic mass is 32.2. The second-order valence-corrected chi connectivity index (χ2v) is 7.63. The third-order valence-corrected chi connectivity index (χ3v) is 5.21. The van der Waals surface area contributed by atoms with Crippen LogP contribution in [-0.4, -0.2) is 60.6 Å². The molecule has 1 unspecified atom stereocenters. The van der Waals surface area contributed by atoms with E-state index in [2.05, 4.69) is 39.7 Å². The van der Waals surface area contributed by atoms with Crippen molar-refractivity contribution in [3.05, 3.63) is 48.0 Å². The summed E-state index contributed by atoms with van der Waals surface area (Å²) in [6.07, 6.45) is 4.92. The number of guanidine groups is 1. The number of nitrogens with one attached hydrogen (secondary N) is 2. The Morgan fingerprint density at radius 1 is 1.30 bits per heavy atom. The van der Waals surface area contributed by atoms with Gasteiger partial charge in [0.25, 0.3) is 0 Å². The monoisotopic (exact) mass is 392 g/mol. The van der Waals surface area contributed by atoms with Crippen LogP contribution in [0.1, 0.15) is 18.0 Å². The lowest BCUT2D eigenvalue weighted by molar-refractivity contribution is 0.298. The lowest BCUT2D eigenvalue weighted by Crippen LogP contribution is -2.42. The van der Waals surface area contributed by atoms with E-state index >= 15 is 0 Å². The number of rotatable bonds is 9. The molecule has 0 aliphatic carbocycles. The molecule has 2 aromatic rings. The van der Waals surface area contributed by atoms with Crippen molar-refractivity contribution in [2.75, 3.05) is 40.0 Å². The summed E-state index contributed by atoms with van der Waals surface area (Å²) in [7, 11) is 7.82. The Labute approximate surface area is 165 Å². The molecule has 1 aromatic heterocycles. The van der Waals surface area contributed by atoms with E-state index in [-0.39, 0.29) is 11.9 Å². The molecule has 0 saturated heterocycles. The molecule has 1 atom stereocenters. The van der Waals surface area contributed by atoms with E-state index in [0.717, 1.165) is 36.1 Å². The number of aromatic nitrogens is 2. The minimum absolute atomic E-state index is 0.196. The van der Waals surface area contributed by atoms with Crippen LogP contribution in [-0.2, 0) is 7.05 Å². The Bertz CT molecular complexity index is 713. The standard InChI is InChI=1S/C19H29FN6S/c1-21-19(22-10-5-11-27-17-8-6-16(20)7-9-17)23-13-18(25(2)3)15-12-24-26(4)14-15/h6-9,12,14,18H,5,10-11,13H2,1-4H3,(H2,21,22,23). The van der Waals surface area contributed by atoms with Crippen molar-refractivity contribution in [1.82, 2.24) is 25.3 Å². The fraction of sp³-hybridized carbons (Fsp3) is 0.474. The molecule has 0 spiro atoms. The Morgan fingerprint density at radius 3 is 2.63 bits per heavy atom. The van der Waals surface area contributed by atoms with Crippen molar-refractivity contribution in [2.45, 2.75) is 17.4 Å². The highest BCUT2D eigenvalue weighted by molar-refractivity contribution is 7.99. The predicted octanol–water partition coefficient (Wildman–Crippen LogP) is 2.51. The minimum Gasteiger partial charge on any atom is -0.356 e. The highest BCUT2D eigenvalue weighted by Crippen LogP contribution is 2.18. The summed E-state index contributed by atoms with van der Waals surface area (Å²) < 4.78 is 14.7. The molecule has 0 radical (unpaired) electrons. The molecule has 0 aliphatic rings. The van der Waals surface area contributed by atoms with Gasteiger partial charge in [-0.15, -0.1) is 11.8 Å². The third kappa shape index (κ3) is 7.22. The zero-order chi connectivity index (χ0) is 19.6. The third-order valence-electron chi connectivity index (χ3n) is 4.12. The van der Waals surface area contributed by atoms with Crippen molar-refractivity contribution in [3.8, 4) is 0 Å². The Balaban J connectivity index is 1.71. The predicted molar refractivity (Wildman–Crippen MR) is 111 cm³/mol. The first-order chi connectivity index (χ1) is 13.0. The van der Waals surface area contributed by atoms with Gasteiger partial charge >= 0.3 is 0 Å². The fourth-order valence-corrected chi connectivity index (χ4v) is 3.48.